The van der Waals surface area contributed by atoms with Gasteiger partial charge >= 0.3 is 0 Å². The summed E-state index contributed by atoms with van der Waals surface area (Å²) in [6.07, 6.45) is 0.857. The van der Waals surface area contributed by atoms with E-state index in [1.807, 2.05) is 0 Å². The molecule has 1 aromatic carbocycles. The average molecular weight is 236 g/mol. The Morgan fingerprint density at radius 2 is 2.00 bits per heavy atom. The molecule has 5 nitrogen and oxygen atoms in total. The quantitative estimate of drug-likeness (QED) is 0.491. The first-order valence-electron chi connectivity index (χ1n) is 5.64. The fourth-order valence-corrected chi connectivity index (χ4v) is 1.97. The van der Waals surface area contributed by atoms with Crippen LogP contribution in [0.4, 0.5) is 5.69 Å². The van der Waals surface area contributed by atoms with E-state index in [0.717, 1.165) is 0 Å². The van der Waals surface area contributed by atoms with Crippen LogP contribution in [0.25, 0.3) is 0 Å². The molecule has 0 unspecified atom stereocenters. The van der Waals surface area contributed by atoms with Crippen LogP contribution >= 0.6 is 0 Å². The number of rotatable bonds is 1. The number of amides is 1. The molecule has 1 amide bonds. The normalized spacial score (nSPS) is 17.1. The molecule has 1 heterocycles. The van der Waals surface area contributed by atoms with Gasteiger partial charge in [0.2, 0.25) is 0 Å². The molecule has 0 radical (unpaired) electrons. The van der Waals surface area contributed by atoms with Gasteiger partial charge in [0, 0.05) is 18.8 Å². The molecule has 0 saturated carbocycles. The second-order valence-electron chi connectivity index (χ2n) is 4.29. The first-order chi connectivity index (χ1) is 8.08. The average Bonchev–Trinajstić information content (AvgIpc) is 2.32. The molecule has 1 aliphatic heterocycles. The number of phenolic OH excluding ortho intramolecular Hbond substituents is 1. The lowest BCUT2D eigenvalue weighted by Crippen LogP contribution is -2.40. The van der Waals surface area contributed by atoms with E-state index in [1.165, 1.54) is 18.2 Å². The van der Waals surface area contributed by atoms with Crippen molar-refractivity contribution >= 4 is 11.6 Å². The Balaban J connectivity index is 2.16. The second-order valence-corrected chi connectivity index (χ2v) is 4.29. The molecule has 1 fully saturated rings. The standard InChI is InChI=1S/C12H16N2O3/c13-11-2-1-9(16)7-10(11)12(17)14-5-3-8(15)4-6-14/h1-2,7-8,15-16H,3-6,13H2. The summed E-state index contributed by atoms with van der Waals surface area (Å²) in [5.41, 5.74) is 6.40. The topological polar surface area (TPSA) is 86.8 Å². The Labute approximate surface area is 99.5 Å². The third kappa shape index (κ3) is 2.50. The Morgan fingerprint density at radius 3 is 2.65 bits per heavy atom. The first-order valence-corrected chi connectivity index (χ1v) is 5.64. The number of carbonyl (C=O) groups excluding carboxylic acids is 1. The van der Waals surface area contributed by atoms with E-state index < -0.39 is 0 Å². The van der Waals surface area contributed by atoms with Crippen molar-refractivity contribution in [2.24, 2.45) is 0 Å². The van der Waals surface area contributed by atoms with Crippen LogP contribution in [0.3, 0.4) is 0 Å². The van der Waals surface area contributed by atoms with Crippen LogP contribution in [-0.4, -0.2) is 40.2 Å². The van der Waals surface area contributed by atoms with Crippen molar-refractivity contribution in [2.75, 3.05) is 18.8 Å². The highest BCUT2D eigenvalue weighted by Gasteiger charge is 2.23. The van der Waals surface area contributed by atoms with Gasteiger partial charge in [-0.1, -0.05) is 0 Å². The summed E-state index contributed by atoms with van der Waals surface area (Å²) in [4.78, 5) is 13.8. The van der Waals surface area contributed by atoms with E-state index in [0.29, 0.717) is 37.2 Å². The van der Waals surface area contributed by atoms with Crippen LogP contribution < -0.4 is 5.73 Å². The first kappa shape index (κ1) is 11.7. The molecule has 17 heavy (non-hydrogen) atoms. The maximum Gasteiger partial charge on any atom is 0.256 e. The number of benzene rings is 1. The molecule has 0 spiro atoms. The molecule has 5 heteroatoms. The van der Waals surface area contributed by atoms with Gasteiger partial charge in [-0.25, -0.2) is 0 Å². The Bertz CT molecular complexity index is 426. The van der Waals surface area contributed by atoms with Gasteiger partial charge in [-0.05, 0) is 31.0 Å². The number of anilines is 1. The van der Waals surface area contributed by atoms with Gasteiger partial charge < -0.3 is 20.8 Å². The van der Waals surface area contributed by atoms with Crippen molar-refractivity contribution in [3.8, 4) is 5.75 Å². The number of aliphatic hydroxyl groups is 1. The monoisotopic (exact) mass is 236 g/mol. The number of nitrogens with zero attached hydrogens (tertiary/aromatic N) is 1. The summed E-state index contributed by atoms with van der Waals surface area (Å²) in [6, 6.07) is 4.34. The largest absolute Gasteiger partial charge is 0.508 e. The highest BCUT2D eigenvalue weighted by molar-refractivity contribution is 5.99. The molecule has 0 bridgehead atoms. The number of likely N-dealkylation sites (tertiary alicyclic amines) is 1. The summed E-state index contributed by atoms with van der Waals surface area (Å²) in [5, 5.41) is 18.7. The number of phenols is 1. The molecule has 0 atom stereocenters. The fraction of sp³-hybridized carbons (Fsp3) is 0.417. The van der Waals surface area contributed by atoms with E-state index in [1.54, 1.807) is 4.90 Å². The van der Waals surface area contributed by atoms with Gasteiger partial charge in [0.05, 0.1) is 11.7 Å². The predicted octanol–water partition coefficient (Wildman–Crippen LogP) is 0.571. The van der Waals surface area contributed by atoms with E-state index in [4.69, 9.17) is 5.73 Å². The van der Waals surface area contributed by atoms with Crippen LogP contribution in [0.5, 0.6) is 5.75 Å². The number of piperidine rings is 1. The van der Waals surface area contributed by atoms with Crippen LogP contribution in [0.1, 0.15) is 23.2 Å². The molecule has 4 N–H and O–H groups in total. The summed E-state index contributed by atoms with van der Waals surface area (Å²) < 4.78 is 0. The van der Waals surface area contributed by atoms with Gasteiger partial charge in [0.15, 0.2) is 0 Å². The summed E-state index contributed by atoms with van der Waals surface area (Å²) >= 11 is 0. The van der Waals surface area contributed by atoms with Crippen LogP contribution in [-0.2, 0) is 0 Å². The fourth-order valence-electron chi connectivity index (χ4n) is 1.97. The van der Waals surface area contributed by atoms with E-state index >= 15 is 0 Å². The minimum absolute atomic E-state index is 0.0274. The second kappa shape index (κ2) is 4.63. The van der Waals surface area contributed by atoms with Crippen LogP contribution in [0.15, 0.2) is 18.2 Å². The van der Waals surface area contributed by atoms with E-state index in [9.17, 15) is 15.0 Å². The summed E-state index contributed by atoms with van der Waals surface area (Å²) in [5.74, 6) is -0.162. The lowest BCUT2D eigenvalue weighted by atomic mass is 10.1. The third-order valence-corrected chi connectivity index (χ3v) is 3.02. The molecular formula is C12H16N2O3. The SMILES string of the molecule is Nc1ccc(O)cc1C(=O)N1CCC(O)CC1. The Kier molecular flexibility index (Phi) is 3.19. The molecule has 2 rings (SSSR count). The lowest BCUT2D eigenvalue weighted by Gasteiger charge is -2.30. The van der Waals surface area contributed by atoms with Gasteiger partial charge in [0.25, 0.3) is 5.91 Å². The summed E-state index contributed by atoms with van der Waals surface area (Å²) in [6.45, 7) is 1.05. The molecule has 1 aromatic rings. The molecule has 92 valence electrons. The van der Waals surface area contributed by atoms with Crippen molar-refractivity contribution in [3.05, 3.63) is 23.8 Å². The minimum Gasteiger partial charge on any atom is -0.508 e. The van der Waals surface area contributed by atoms with Gasteiger partial charge in [-0.3, -0.25) is 4.79 Å². The smallest absolute Gasteiger partial charge is 0.256 e. The predicted molar refractivity (Wildman–Crippen MR) is 63.7 cm³/mol. The van der Waals surface area contributed by atoms with Crippen LogP contribution in [0, 0.1) is 0 Å². The zero-order chi connectivity index (χ0) is 12.4. The number of hydrogen-bond donors (Lipinski definition) is 3. The minimum atomic E-state index is -0.319. The zero-order valence-corrected chi connectivity index (χ0v) is 9.47. The van der Waals surface area contributed by atoms with Gasteiger partial charge in [-0.15, -0.1) is 0 Å². The van der Waals surface area contributed by atoms with Crippen molar-refractivity contribution in [1.29, 1.82) is 0 Å². The molecule has 1 saturated heterocycles. The lowest BCUT2D eigenvalue weighted by molar-refractivity contribution is 0.0547. The van der Waals surface area contributed by atoms with Gasteiger partial charge in [-0.2, -0.15) is 0 Å². The number of hydrogen-bond acceptors (Lipinski definition) is 4. The number of nitrogen functional groups attached to an aromatic ring is 1. The molecular weight excluding hydrogens is 220 g/mol. The molecule has 1 aliphatic rings. The van der Waals surface area contributed by atoms with Gasteiger partial charge in [0.1, 0.15) is 5.75 Å². The highest BCUT2D eigenvalue weighted by Crippen LogP contribution is 2.22. The highest BCUT2D eigenvalue weighted by atomic mass is 16.3. The van der Waals surface area contributed by atoms with E-state index in [-0.39, 0.29) is 17.8 Å². The number of carbonyl (C=O) groups is 1. The van der Waals surface area contributed by atoms with Crippen molar-refractivity contribution < 1.29 is 15.0 Å². The third-order valence-electron chi connectivity index (χ3n) is 3.02. The number of aromatic hydroxyl groups is 1. The van der Waals surface area contributed by atoms with Crippen LogP contribution in [0.2, 0.25) is 0 Å². The van der Waals surface area contributed by atoms with Crippen molar-refractivity contribution in [1.82, 2.24) is 4.90 Å². The Hall–Kier alpha value is -1.75. The number of nitrogens with two attached hydrogens (primary N) is 1. The zero-order valence-electron chi connectivity index (χ0n) is 9.47. The molecule has 0 aromatic heterocycles. The van der Waals surface area contributed by atoms with Crippen molar-refractivity contribution in [3.63, 3.8) is 0 Å². The Morgan fingerprint density at radius 1 is 1.35 bits per heavy atom. The maximum absolute atomic E-state index is 12.1. The van der Waals surface area contributed by atoms with Crippen molar-refractivity contribution in [2.45, 2.75) is 18.9 Å². The summed E-state index contributed by atoms with van der Waals surface area (Å²) in [7, 11) is 0. The number of aliphatic hydroxyl groups excluding tert-OH is 1. The van der Waals surface area contributed by atoms with E-state index in [2.05, 4.69) is 0 Å². The molecule has 0 aliphatic carbocycles. The maximum atomic E-state index is 12.1.